The van der Waals surface area contributed by atoms with E-state index >= 15 is 0 Å². The predicted molar refractivity (Wildman–Crippen MR) is 74.8 cm³/mol. The molecule has 2 aromatic rings. The summed E-state index contributed by atoms with van der Waals surface area (Å²) in [6, 6.07) is 3.48. The number of phenols is 3. The molecule has 0 radical (unpaired) electrons. The van der Waals surface area contributed by atoms with Gasteiger partial charge in [-0.15, -0.1) is 0 Å². The van der Waals surface area contributed by atoms with E-state index in [0.29, 0.717) is 0 Å². The summed E-state index contributed by atoms with van der Waals surface area (Å²) in [7, 11) is 0. The van der Waals surface area contributed by atoms with Crippen molar-refractivity contribution < 1.29 is 24.9 Å². The smallest absolute Gasteiger partial charge is 0.200 e. The Labute approximate surface area is 128 Å². The van der Waals surface area contributed by atoms with Crippen LogP contribution in [0.3, 0.4) is 0 Å². The number of halogens is 2. The molecule has 106 valence electrons. The molecule has 0 aliphatic heterocycles. The van der Waals surface area contributed by atoms with Crippen LogP contribution in [0.15, 0.2) is 18.2 Å². The fourth-order valence-corrected chi connectivity index (χ4v) is 2.83. The Hall–Kier alpha value is -2.24. The van der Waals surface area contributed by atoms with Gasteiger partial charge in [-0.05, 0) is 12.1 Å². The number of hydrogen-bond acceptors (Lipinski definition) is 5. The summed E-state index contributed by atoms with van der Waals surface area (Å²) in [5, 5.41) is 29.1. The number of benzene rings is 2. The highest BCUT2D eigenvalue weighted by molar-refractivity contribution is 6.44. The van der Waals surface area contributed by atoms with Gasteiger partial charge in [0.2, 0.25) is 0 Å². The zero-order chi connectivity index (χ0) is 15.5. The zero-order valence-electron chi connectivity index (χ0n) is 10.1. The number of phenolic OH excluding ortho intramolecular Hbond substituents is 3. The van der Waals surface area contributed by atoms with E-state index in [-0.39, 0.29) is 21.2 Å². The first-order chi connectivity index (χ1) is 9.84. The van der Waals surface area contributed by atoms with Gasteiger partial charge in [0.1, 0.15) is 5.75 Å². The van der Waals surface area contributed by atoms with Crippen LogP contribution in [-0.2, 0) is 0 Å². The quantitative estimate of drug-likeness (QED) is 0.436. The van der Waals surface area contributed by atoms with E-state index in [1.807, 2.05) is 0 Å². The van der Waals surface area contributed by atoms with Gasteiger partial charge in [-0.1, -0.05) is 23.2 Å². The highest BCUT2D eigenvalue weighted by atomic mass is 35.5. The second-order valence-electron chi connectivity index (χ2n) is 4.45. The first-order valence-electron chi connectivity index (χ1n) is 5.70. The van der Waals surface area contributed by atoms with Gasteiger partial charge in [0.25, 0.3) is 0 Å². The maximum Gasteiger partial charge on any atom is 0.200 e. The fourth-order valence-electron chi connectivity index (χ4n) is 2.34. The Kier molecular flexibility index (Phi) is 2.86. The van der Waals surface area contributed by atoms with Crippen LogP contribution in [0.1, 0.15) is 31.8 Å². The second-order valence-corrected chi connectivity index (χ2v) is 5.27. The van der Waals surface area contributed by atoms with Crippen molar-refractivity contribution in [1.29, 1.82) is 0 Å². The minimum Gasteiger partial charge on any atom is -0.507 e. The fraction of sp³-hybridized carbons (Fsp3) is 0. The monoisotopic (exact) mass is 324 g/mol. The highest BCUT2D eigenvalue weighted by Crippen LogP contribution is 2.45. The maximum atomic E-state index is 12.5. The normalized spacial score (nSPS) is 13.0. The van der Waals surface area contributed by atoms with Crippen molar-refractivity contribution in [3.63, 3.8) is 0 Å². The van der Waals surface area contributed by atoms with Gasteiger partial charge >= 0.3 is 0 Å². The molecule has 0 aromatic heterocycles. The molecule has 0 unspecified atom stereocenters. The molecule has 7 heteroatoms. The van der Waals surface area contributed by atoms with Crippen LogP contribution in [0.5, 0.6) is 17.2 Å². The molecule has 0 amide bonds. The van der Waals surface area contributed by atoms with E-state index < -0.39 is 39.9 Å². The number of hydrogen-bond donors (Lipinski definition) is 3. The molecular formula is C14H6Cl2O5. The zero-order valence-corrected chi connectivity index (χ0v) is 11.7. The van der Waals surface area contributed by atoms with Crippen molar-refractivity contribution in [3.8, 4) is 17.2 Å². The Balaban J connectivity index is 2.47. The number of aromatic hydroxyl groups is 3. The molecule has 0 fully saturated rings. The van der Waals surface area contributed by atoms with Crippen molar-refractivity contribution in [3.05, 3.63) is 50.5 Å². The van der Waals surface area contributed by atoms with Crippen LogP contribution in [0.4, 0.5) is 0 Å². The molecule has 1 aliphatic rings. The Morgan fingerprint density at radius 2 is 1.19 bits per heavy atom. The first kappa shape index (κ1) is 13.7. The van der Waals surface area contributed by atoms with Crippen LogP contribution in [0, 0.1) is 0 Å². The van der Waals surface area contributed by atoms with Crippen LogP contribution in [0.2, 0.25) is 10.0 Å². The summed E-state index contributed by atoms with van der Waals surface area (Å²) in [5.74, 6) is -3.67. The first-order valence-corrected chi connectivity index (χ1v) is 6.45. The van der Waals surface area contributed by atoms with E-state index in [1.54, 1.807) is 0 Å². The van der Waals surface area contributed by atoms with Crippen LogP contribution in [0.25, 0.3) is 0 Å². The average Bonchev–Trinajstić information content (AvgIpc) is 2.42. The molecular weight excluding hydrogens is 319 g/mol. The molecule has 0 spiro atoms. The lowest BCUT2D eigenvalue weighted by Gasteiger charge is -2.21. The molecule has 5 nitrogen and oxygen atoms in total. The number of rotatable bonds is 0. The van der Waals surface area contributed by atoms with Crippen molar-refractivity contribution in [1.82, 2.24) is 0 Å². The summed E-state index contributed by atoms with van der Waals surface area (Å²) in [6.45, 7) is 0. The average molecular weight is 325 g/mol. The minimum atomic E-state index is -0.796. The lowest BCUT2D eigenvalue weighted by Crippen LogP contribution is -2.22. The molecule has 0 heterocycles. The second kappa shape index (κ2) is 4.38. The summed E-state index contributed by atoms with van der Waals surface area (Å²) < 4.78 is 0. The number of carbonyl (C=O) groups is 2. The van der Waals surface area contributed by atoms with Gasteiger partial charge in [-0.25, -0.2) is 0 Å². The summed E-state index contributed by atoms with van der Waals surface area (Å²) in [6.07, 6.45) is 0. The maximum absolute atomic E-state index is 12.5. The third-order valence-corrected chi connectivity index (χ3v) is 3.90. The van der Waals surface area contributed by atoms with Crippen LogP contribution in [-0.4, -0.2) is 26.9 Å². The summed E-state index contributed by atoms with van der Waals surface area (Å²) >= 11 is 11.9. The van der Waals surface area contributed by atoms with E-state index in [0.717, 1.165) is 6.07 Å². The van der Waals surface area contributed by atoms with Gasteiger partial charge < -0.3 is 15.3 Å². The molecule has 21 heavy (non-hydrogen) atoms. The highest BCUT2D eigenvalue weighted by Gasteiger charge is 2.38. The summed E-state index contributed by atoms with van der Waals surface area (Å²) in [4.78, 5) is 24.9. The molecule has 2 aromatic carbocycles. The molecule has 3 N–H and O–H groups in total. The largest absolute Gasteiger partial charge is 0.507 e. The molecule has 3 rings (SSSR count). The van der Waals surface area contributed by atoms with Gasteiger partial charge in [0.05, 0.1) is 32.3 Å². The van der Waals surface area contributed by atoms with Gasteiger partial charge in [-0.3, -0.25) is 9.59 Å². The number of ketones is 2. The summed E-state index contributed by atoms with van der Waals surface area (Å²) in [5.41, 5.74) is -1.20. The van der Waals surface area contributed by atoms with E-state index in [2.05, 4.69) is 0 Å². The SMILES string of the molecule is O=C1c2c(O)cc(O)c(O)c2C(=O)c2c(Cl)ccc(Cl)c21. The van der Waals surface area contributed by atoms with Crippen molar-refractivity contribution in [2.24, 2.45) is 0 Å². The number of fused-ring (bicyclic) bond motifs is 2. The third kappa shape index (κ3) is 1.71. The lowest BCUT2D eigenvalue weighted by atomic mass is 9.82. The van der Waals surface area contributed by atoms with Gasteiger partial charge in [0.15, 0.2) is 23.1 Å². The Morgan fingerprint density at radius 1 is 0.714 bits per heavy atom. The standard InChI is InChI=1S/C14H6Cl2O5/c15-4-1-2-5(16)9-8(4)13(20)10-6(17)3-7(18)12(19)11(10)14(9)21/h1-3,17-19H. The minimum absolute atomic E-state index is 0.00497. The topological polar surface area (TPSA) is 94.8 Å². The Bertz CT molecular complexity index is 842. The molecule has 1 aliphatic carbocycles. The lowest BCUT2D eigenvalue weighted by molar-refractivity contribution is 0.0973. The molecule has 0 saturated heterocycles. The van der Waals surface area contributed by atoms with Crippen molar-refractivity contribution >= 4 is 34.8 Å². The molecule has 0 bridgehead atoms. The van der Waals surface area contributed by atoms with Crippen molar-refractivity contribution in [2.45, 2.75) is 0 Å². The number of carbonyl (C=O) groups excluding carboxylic acids is 2. The van der Waals surface area contributed by atoms with E-state index in [9.17, 15) is 24.9 Å². The van der Waals surface area contributed by atoms with E-state index in [1.165, 1.54) is 12.1 Å². The molecule has 0 saturated carbocycles. The predicted octanol–water partition coefficient (Wildman–Crippen LogP) is 2.89. The third-order valence-electron chi connectivity index (χ3n) is 3.27. The van der Waals surface area contributed by atoms with E-state index in [4.69, 9.17) is 23.2 Å². The van der Waals surface area contributed by atoms with Crippen LogP contribution >= 0.6 is 23.2 Å². The van der Waals surface area contributed by atoms with Crippen LogP contribution < -0.4 is 0 Å². The van der Waals surface area contributed by atoms with Crippen molar-refractivity contribution in [2.75, 3.05) is 0 Å². The molecule has 0 atom stereocenters. The van der Waals surface area contributed by atoms with Gasteiger partial charge in [-0.2, -0.15) is 0 Å². The van der Waals surface area contributed by atoms with Gasteiger partial charge in [0, 0.05) is 6.07 Å². The Morgan fingerprint density at radius 3 is 1.71 bits per heavy atom.